The van der Waals surface area contributed by atoms with Gasteiger partial charge in [-0.1, -0.05) is 42.5 Å². The van der Waals surface area contributed by atoms with E-state index < -0.39 is 0 Å². The summed E-state index contributed by atoms with van der Waals surface area (Å²) in [4.78, 5) is 26.9. The fourth-order valence-corrected chi connectivity index (χ4v) is 4.18. The first kappa shape index (κ1) is 22.9. The summed E-state index contributed by atoms with van der Waals surface area (Å²) in [7, 11) is 1.64. The maximum absolute atomic E-state index is 12.6. The van der Waals surface area contributed by atoms with Crippen LogP contribution < -0.4 is 10.1 Å². The molecule has 1 aliphatic rings. The third-order valence-electron chi connectivity index (χ3n) is 5.97. The highest BCUT2D eigenvalue weighted by Crippen LogP contribution is 2.22. The summed E-state index contributed by atoms with van der Waals surface area (Å²) in [5.41, 5.74) is 2.31. The van der Waals surface area contributed by atoms with Gasteiger partial charge in [0.2, 0.25) is 11.8 Å². The highest BCUT2D eigenvalue weighted by atomic mass is 16.5. The second-order valence-electron chi connectivity index (χ2n) is 8.35. The van der Waals surface area contributed by atoms with Crippen molar-refractivity contribution in [2.45, 2.75) is 51.5 Å². The molecule has 2 aromatic rings. The lowest BCUT2D eigenvalue weighted by Crippen LogP contribution is -2.40. The van der Waals surface area contributed by atoms with Gasteiger partial charge >= 0.3 is 0 Å². The summed E-state index contributed by atoms with van der Waals surface area (Å²) < 4.78 is 5.22. The lowest BCUT2D eigenvalue weighted by atomic mass is 9.93. The summed E-state index contributed by atoms with van der Waals surface area (Å²) in [5.74, 6) is 1.52. The van der Waals surface area contributed by atoms with Gasteiger partial charge in [0, 0.05) is 32.5 Å². The first-order valence-electron chi connectivity index (χ1n) is 11.4. The number of likely N-dealkylation sites (tertiary alicyclic amines) is 1. The topological polar surface area (TPSA) is 58.6 Å². The number of ether oxygens (including phenoxy) is 1. The van der Waals surface area contributed by atoms with Crippen LogP contribution >= 0.6 is 0 Å². The van der Waals surface area contributed by atoms with Crippen LogP contribution in [0.15, 0.2) is 54.6 Å². The van der Waals surface area contributed by atoms with E-state index in [1.165, 1.54) is 5.56 Å². The predicted molar refractivity (Wildman–Crippen MR) is 123 cm³/mol. The average molecular weight is 423 g/mol. The molecule has 1 unspecified atom stereocenters. The average Bonchev–Trinajstić information content (AvgIpc) is 2.82. The van der Waals surface area contributed by atoms with E-state index in [0.29, 0.717) is 25.3 Å². The normalized spacial score (nSPS) is 16.0. The standard InChI is InChI=1S/C26H34N2O3/c1-31-24-13-5-11-23(18-24)19-27-25(29)16-15-22-12-7-17-28(20-22)26(30)14-6-10-21-8-3-2-4-9-21/h2-5,8-9,11,13,18,22H,6-7,10,12,14-17,19-20H2,1H3,(H,27,29). The number of nitrogens with zero attached hydrogens (tertiary/aromatic N) is 1. The molecule has 0 radical (unpaired) electrons. The number of methoxy groups -OCH3 is 1. The molecular weight excluding hydrogens is 388 g/mol. The number of hydrogen-bond donors (Lipinski definition) is 1. The van der Waals surface area contributed by atoms with Crippen LogP contribution in [0.4, 0.5) is 0 Å². The molecule has 1 heterocycles. The SMILES string of the molecule is COc1cccc(CNC(=O)CCC2CCCN(C(=O)CCCc3ccccc3)C2)c1. The molecule has 2 amide bonds. The van der Waals surface area contributed by atoms with Crippen molar-refractivity contribution in [1.82, 2.24) is 10.2 Å². The Morgan fingerprint density at radius 3 is 2.68 bits per heavy atom. The Morgan fingerprint density at radius 2 is 1.87 bits per heavy atom. The summed E-state index contributed by atoms with van der Waals surface area (Å²) >= 11 is 0. The first-order chi connectivity index (χ1) is 15.1. The number of piperidine rings is 1. The molecule has 0 aliphatic carbocycles. The van der Waals surface area contributed by atoms with Gasteiger partial charge in [-0.2, -0.15) is 0 Å². The second-order valence-corrected chi connectivity index (χ2v) is 8.35. The number of amides is 2. The van der Waals surface area contributed by atoms with Crippen LogP contribution in [0.25, 0.3) is 0 Å². The van der Waals surface area contributed by atoms with Gasteiger partial charge in [0.1, 0.15) is 5.75 Å². The van der Waals surface area contributed by atoms with Gasteiger partial charge in [0.15, 0.2) is 0 Å². The Kier molecular flexibility index (Phi) is 8.95. The molecule has 5 heteroatoms. The maximum Gasteiger partial charge on any atom is 0.222 e. The van der Waals surface area contributed by atoms with Gasteiger partial charge in [-0.15, -0.1) is 0 Å². The largest absolute Gasteiger partial charge is 0.497 e. The molecule has 1 atom stereocenters. The smallest absolute Gasteiger partial charge is 0.222 e. The number of rotatable bonds is 10. The molecule has 0 bridgehead atoms. The van der Waals surface area contributed by atoms with Gasteiger partial charge < -0.3 is 15.0 Å². The Hall–Kier alpha value is -2.82. The molecule has 5 nitrogen and oxygen atoms in total. The van der Waals surface area contributed by atoms with Crippen molar-refractivity contribution in [3.63, 3.8) is 0 Å². The van der Waals surface area contributed by atoms with Crippen LogP contribution in [0.5, 0.6) is 5.75 Å². The van der Waals surface area contributed by atoms with Crippen LogP contribution in [-0.4, -0.2) is 36.9 Å². The number of carbonyl (C=O) groups is 2. The Balaban J connectivity index is 1.34. The number of benzene rings is 2. The van der Waals surface area contributed by atoms with Crippen molar-refractivity contribution in [2.24, 2.45) is 5.92 Å². The Morgan fingerprint density at radius 1 is 1.06 bits per heavy atom. The van der Waals surface area contributed by atoms with Crippen LogP contribution in [0.2, 0.25) is 0 Å². The van der Waals surface area contributed by atoms with E-state index in [0.717, 1.165) is 56.5 Å². The second kappa shape index (κ2) is 12.1. The molecule has 1 N–H and O–H groups in total. The maximum atomic E-state index is 12.6. The number of carbonyl (C=O) groups excluding carboxylic acids is 2. The molecule has 3 rings (SSSR count). The van der Waals surface area contributed by atoms with Gasteiger partial charge in [-0.05, 0) is 61.3 Å². The molecule has 31 heavy (non-hydrogen) atoms. The van der Waals surface area contributed by atoms with Crippen molar-refractivity contribution in [2.75, 3.05) is 20.2 Å². The van der Waals surface area contributed by atoms with Crippen LogP contribution in [-0.2, 0) is 22.6 Å². The Labute approximate surface area is 185 Å². The summed E-state index contributed by atoms with van der Waals surface area (Å²) in [5, 5.41) is 2.99. The van der Waals surface area contributed by atoms with Crippen molar-refractivity contribution in [3.8, 4) is 5.75 Å². The third kappa shape index (κ3) is 7.74. The Bertz CT molecular complexity index is 838. The quantitative estimate of drug-likeness (QED) is 0.619. The molecular formula is C26H34N2O3. The van der Waals surface area contributed by atoms with Crippen LogP contribution in [0.3, 0.4) is 0 Å². The highest BCUT2D eigenvalue weighted by Gasteiger charge is 2.23. The number of hydrogen-bond acceptors (Lipinski definition) is 3. The number of nitrogens with one attached hydrogen (secondary N) is 1. The summed E-state index contributed by atoms with van der Waals surface area (Å²) in [6.45, 7) is 2.14. The van der Waals surface area contributed by atoms with E-state index in [2.05, 4.69) is 17.4 Å². The summed E-state index contributed by atoms with van der Waals surface area (Å²) in [6.07, 6.45) is 5.89. The zero-order valence-corrected chi connectivity index (χ0v) is 18.5. The molecule has 0 saturated carbocycles. The van der Waals surface area contributed by atoms with E-state index in [-0.39, 0.29) is 11.8 Å². The minimum Gasteiger partial charge on any atom is -0.497 e. The highest BCUT2D eigenvalue weighted by molar-refractivity contribution is 5.76. The third-order valence-corrected chi connectivity index (χ3v) is 5.97. The van der Waals surface area contributed by atoms with Gasteiger partial charge in [-0.3, -0.25) is 9.59 Å². The lowest BCUT2D eigenvalue weighted by molar-refractivity contribution is -0.133. The zero-order valence-electron chi connectivity index (χ0n) is 18.5. The monoisotopic (exact) mass is 422 g/mol. The minimum absolute atomic E-state index is 0.0640. The summed E-state index contributed by atoms with van der Waals surface area (Å²) in [6, 6.07) is 18.0. The van der Waals surface area contributed by atoms with E-state index in [1.54, 1.807) is 7.11 Å². The minimum atomic E-state index is 0.0640. The van der Waals surface area contributed by atoms with E-state index in [9.17, 15) is 9.59 Å². The molecule has 0 aromatic heterocycles. The molecule has 1 saturated heterocycles. The number of aryl methyl sites for hydroxylation is 1. The van der Waals surface area contributed by atoms with Gasteiger partial charge in [-0.25, -0.2) is 0 Å². The van der Waals surface area contributed by atoms with Gasteiger partial charge in [0.25, 0.3) is 0 Å². The van der Waals surface area contributed by atoms with E-state index in [4.69, 9.17) is 4.74 Å². The fourth-order valence-electron chi connectivity index (χ4n) is 4.18. The molecule has 1 aliphatic heterocycles. The lowest BCUT2D eigenvalue weighted by Gasteiger charge is -2.33. The van der Waals surface area contributed by atoms with Crippen molar-refractivity contribution < 1.29 is 14.3 Å². The van der Waals surface area contributed by atoms with Crippen molar-refractivity contribution in [1.29, 1.82) is 0 Å². The van der Waals surface area contributed by atoms with E-state index >= 15 is 0 Å². The molecule has 0 spiro atoms. The van der Waals surface area contributed by atoms with E-state index in [1.807, 2.05) is 47.4 Å². The van der Waals surface area contributed by atoms with Crippen LogP contribution in [0.1, 0.15) is 49.7 Å². The van der Waals surface area contributed by atoms with Crippen molar-refractivity contribution in [3.05, 3.63) is 65.7 Å². The molecule has 166 valence electrons. The molecule has 2 aromatic carbocycles. The first-order valence-corrected chi connectivity index (χ1v) is 11.4. The fraction of sp³-hybridized carbons (Fsp3) is 0.462. The molecule has 1 fully saturated rings. The predicted octanol–water partition coefficient (Wildman–Crippen LogP) is 4.35. The van der Waals surface area contributed by atoms with Crippen LogP contribution in [0, 0.1) is 5.92 Å². The zero-order chi connectivity index (χ0) is 21.9. The van der Waals surface area contributed by atoms with Crippen molar-refractivity contribution >= 4 is 11.8 Å². The van der Waals surface area contributed by atoms with Gasteiger partial charge in [0.05, 0.1) is 7.11 Å².